The molecule has 3 N–H and O–H groups in total. The van der Waals surface area contributed by atoms with Crippen molar-refractivity contribution in [3.8, 4) is 0 Å². The summed E-state index contributed by atoms with van der Waals surface area (Å²) >= 11 is 5.08. The lowest BCUT2D eigenvalue weighted by atomic mass is 9.93. The Hall–Kier alpha value is -2.22. The lowest BCUT2D eigenvalue weighted by molar-refractivity contribution is -0.384. The summed E-state index contributed by atoms with van der Waals surface area (Å²) in [7, 11) is 0. The second-order valence-corrected chi connectivity index (χ2v) is 5.96. The number of non-ortho nitro benzene ring substituents is 1. The number of rotatable bonds is 8. The van der Waals surface area contributed by atoms with Crippen LogP contribution < -0.4 is 5.84 Å². The number of aromatic nitrogens is 3. The summed E-state index contributed by atoms with van der Waals surface area (Å²) in [5.74, 6) is 6.81. The van der Waals surface area contributed by atoms with Gasteiger partial charge in [0, 0.05) is 18.1 Å². The number of nitrogens with one attached hydrogen (secondary N) is 1. The van der Waals surface area contributed by atoms with Gasteiger partial charge in [-0.2, -0.15) is 5.10 Å². The summed E-state index contributed by atoms with van der Waals surface area (Å²) in [5.41, 5.74) is 1.11. The van der Waals surface area contributed by atoms with Gasteiger partial charge in [-0.3, -0.25) is 15.2 Å². The third kappa shape index (κ3) is 4.38. The van der Waals surface area contributed by atoms with Crippen LogP contribution in [-0.4, -0.2) is 19.8 Å². The van der Waals surface area contributed by atoms with Crippen LogP contribution in [0.3, 0.4) is 0 Å². The van der Waals surface area contributed by atoms with Gasteiger partial charge in [-0.15, -0.1) is 0 Å². The molecule has 2 rings (SSSR count). The fourth-order valence-electron chi connectivity index (χ4n) is 2.61. The lowest BCUT2D eigenvalue weighted by Crippen LogP contribution is -2.17. The Morgan fingerprint density at radius 2 is 2.09 bits per heavy atom. The van der Waals surface area contributed by atoms with Crippen molar-refractivity contribution < 1.29 is 4.92 Å². The first kappa shape index (κ1) is 17.1. The largest absolute Gasteiger partial charge is 0.335 e. The van der Waals surface area contributed by atoms with E-state index in [-0.39, 0.29) is 11.6 Å². The highest BCUT2D eigenvalue weighted by Gasteiger charge is 2.19. The molecule has 8 heteroatoms. The van der Waals surface area contributed by atoms with Gasteiger partial charge in [0.2, 0.25) is 4.77 Å². The molecule has 23 heavy (non-hydrogen) atoms. The summed E-state index contributed by atoms with van der Waals surface area (Å²) in [6, 6.07) is 6.62. The SMILES string of the molecule is CCCCCC(Cc1ccc([N+](=O)[O-])cc1)c1n[nH]c(=S)n1N. The molecule has 1 unspecified atom stereocenters. The number of H-pyrrole nitrogens is 1. The molecule has 124 valence electrons. The van der Waals surface area contributed by atoms with Crippen LogP contribution in [0.4, 0.5) is 5.69 Å². The minimum Gasteiger partial charge on any atom is -0.335 e. The molecule has 2 aromatic rings. The van der Waals surface area contributed by atoms with Crippen molar-refractivity contribution in [1.82, 2.24) is 14.9 Å². The van der Waals surface area contributed by atoms with Crippen molar-refractivity contribution in [2.24, 2.45) is 0 Å². The van der Waals surface area contributed by atoms with E-state index in [1.54, 1.807) is 12.1 Å². The zero-order chi connectivity index (χ0) is 16.8. The number of nitro groups is 1. The Bertz CT molecular complexity index is 707. The predicted octanol–water partition coefficient (Wildman–Crippen LogP) is 3.47. The first-order valence-corrected chi connectivity index (χ1v) is 8.09. The molecule has 0 bridgehead atoms. The van der Waals surface area contributed by atoms with E-state index in [4.69, 9.17) is 18.1 Å². The van der Waals surface area contributed by atoms with Crippen molar-refractivity contribution in [3.63, 3.8) is 0 Å². The Morgan fingerprint density at radius 1 is 1.39 bits per heavy atom. The normalized spacial score (nSPS) is 12.2. The summed E-state index contributed by atoms with van der Waals surface area (Å²) in [6.07, 6.45) is 5.03. The van der Waals surface area contributed by atoms with Crippen molar-refractivity contribution in [1.29, 1.82) is 0 Å². The molecule has 1 aromatic carbocycles. The van der Waals surface area contributed by atoms with E-state index in [2.05, 4.69) is 17.1 Å². The smallest absolute Gasteiger partial charge is 0.269 e. The molecule has 0 saturated heterocycles. The molecule has 0 radical (unpaired) electrons. The van der Waals surface area contributed by atoms with Crippen molar-refractivity contribution in [3.05, 3.63) is 50.5 Å². The molecule has 0 fully saturated rings. The van der Waals surface area contributed by atoms with E-state index in [1.165, 1.54) is 16.8 Å². The van der Waals surface area contributed by atoms with Gasteiger partial charge in [-0.25, -0.2) is 4.68 Å². The van der Waals surface area contributed by atoms with Gasteiger partial charge < -0.3 is 5.84 Å². The van der Waals surface area contributed by atoms with Crippen LogP contribution in [0.5, 0.6) is 0 Å². The first-order valence-electron chi connectivity index (χ1n) is 7.68. The minimum atomic E-state index is -0.395. The predicted molar refractivity (Wildman–Crippen MR) is 91.2 cm³/mol. The van der Waals surface area contributed by atoms with E-state index in [9.17, 15) is 10.1 Å². The van der Waals surface area contributed by atoms with E-state index in [0.29, 0.717) is 4.77 Å². The Labute approximate surface area is 139 Å². The van der Waals surface area contributed by atoms with Gasteiger partial charge >= 0.3 is 0 Å². The molecular weight excluding hydrogens is 314 g/mol. The average Bonchev–Trinajstić information content (AvgIpc) is 2.87. The number of nitrogens with two attached hydrogens (primary N) is 1. The first-order chi connectivity index (χ1) is 11.0. The monoisotopic (exact) mass is 335 g/mol. The average molecular weight is 335 g/mol. The molecule has 0 saturated carbocycles. The third-order valence-corrected chi connectivity index (χ3v) is 4.17. The number of aromatic amines is 1. The zero-order valence-electron chi connectivity index (χ0n) is 13.1. The van der Waals surface area contributed by atoms with E-state index < -0.39 is 4.92 Å². The highest BCUT2D eigenvalue weighted by atomic mass is 32.1. The summed E-state index contributed by atoms with van der Waals surface area (Å²) < 4.78 is 1.81. The van der Waals surface area contributed by atoms with Gasteiger partial charge in [0.15, 0.2) is 5.82 Å². The van der Waals surface area contributed by atoms with Crippen LogP contribution >= 0.6 is 12.2 Å². The van der Waals surface area contributed by atoms with Crippen LogP contribution in [0.15, 0.2) is 24.3 Å². The molecule has 0 aliphatic rings. The molecular formula is C15H21N5O2S. The van der Waals surface area contributed by atoms with Crippen LogP contribution in [0.25, 0.3) is 0 Å². The Balaban J connectivity index is 2.18. The Morgan fingerprint density at radius 3 is 2.61 bits per heavy atom. The zero-order valence-corrected chi connectivity index (χ0v) is 13.9. The number of nitro benzene ring substituents is 1. The van der Waals surface area contributed by atoms with Gasteiger partial charge in [0.05, 0.1) is 4.92 Å². The maximum atomic E-state index is 10.7. The second kappa shape index (κ2) is 7.87. The molecule has 0 amide bonds. The van der Waals surface area contributed by atoms with Crippen molar-refractivity contribution in [2.45, 2.75) is 44.9 Å². The van der Waals surface area contributed by atoms with Gasteiger partial charge in [-0.1, -0.05) is 38.3 Å². The highest BCUT2D eigenvalue weighted by molar-refractivity contribution is 7.71. The number of unbranched alkanes of at least 4 members (excludes halogenated alkanes) is 2. The van der Waals surface area contributed by atoms with Gasteiger partial charge in [-0.05, 0) is 30.6 Å². The lowest BCUT2D eigenvalue weighted by Gasteiger charge is -2.16. The maximum Gasteiger partial charge on any atom is 0.269 e. The minimum absolute atomic E-state index is 0.0952. The third-order valence-electron chi connectivity index (χ3n) is 3.88. The van der Waals surface area contributed by atoms with Gasteiger partial charge in [0.25, 0.3) is 5.69 Å². The van der Waals surface area contributed by atoms with Crippen molar-refractivity contribution in [2.75, 3.05) is 5.84 Å². The van der Waals surface area contributed by atoms with Gasteiger partial charge in [0.1, 0.15) is 0 Å². The number of hydrogen-bond acceptors (Lipinski definition) is 5. The topological polar surface area (TPSA) is 103 Å². The molecule has 0 spiro atoms. The highest BCUT2D eigenvalue weighted by Crippen LogP contribution is 2.25. The molecule has 0 aliphatic carbocycles. The van der Waals surface area contributed by atoms with Crippen molar-refractivity contribution >= 4 is 17.9 Å². The summed E-state index contributed by atoms with van der Waals surface area (Å²) in [6.45, 7) is 2.16. The molecule has 1 heterocycles. The van der Waals surface area contributed by atoms with Crippen LogP contribution in [0.1, 0.15) is 49.9 Å². The van der Waals surface area contributed by atoms with Crippen LogP contribution in [0, 0.1) is 14.9 Å². The standard InChI is InChI=1S/C15H21N5O2S/c1-2-3-4-5-12(14-17-18-15(23)19(14)16)10-11-6-8-13(9-7-11)20(21)22/h6-9,12H,2-5,10,16H2,1H3,(H,18,23). The second-order valence-electron chi connectivity index (χ2n) is 5.58. The fraction of sp³-hybridized carbons (Fsp3) is 0.467. The molecule has 0 aliphatic heterocycles. The summed E-state index contributed by atoms with van der Waals surface area (Å²) in [5, 5.41) is 17.7. The maximum absolute atomic E-state index is 10.7. The number of hydrogen-bond donors (Lipinski definition) is 2. The summed E-state index contributed by atoms with van der Waals surface area (Å²) in [4.78, 5) is 10.3. The Kier molecular flexibility index (Phi) is 5.86. The van der Waals surface area contributed by atoms with Crippen LogP contribution in [0.2, 0.25) is 0 Å². The molecule has 7 nitrogen and oxygen atoms in total. The van der Waals surface area contributed by atoms with E-state index in [1.807, 2.05) is 0 Å². The number of nitrogen functional groups attached to an aromatic ring is 1. The van der Waals surface area contributed by atoms with E-state index in [0.717, 1.165) is 43.5 Å². The van der Waals surface area contributed by atoms with E-state index >= 15 is 0 Å². The molecule has 1 atom stereocenters. The quantitative estimate of drug-likeness (QED) is 0.253. The molecule has 1 aromatic heterocycles. The number of nitrogens with zero attached hydrogens (tertiary/aromatic N) is 3. The number of benzene rings is 1. The fourth-order valence-corrected chi connectivity index (χ4v) is 2.75. The van der Waals surface area contributed by atoms with Crippen LogP contribution in [-0.2, 0) is 6.42 Å².